The summed E-state index contributed by atoms with van der Waals surface area (Å²) in [6, 6.07) is 17.4. The second kappa shape index (κ2) is 8.39. The summed E-state index contributed by atoms with van der Waals surface area (Å²) in [6.45, 7) is 2.17. The van der Waals surface area contributed by atoms with Gasteiger partial charge in [-0.2, -0.15) is 0 Å². The van der Waals surface area contributed by atoms with Gasteiger partial charge in [0.2, 0.25) is 6.79 Å². The van der Waals surface area contributed by atoms with Gasteiger partial charge in [-0.1, -0.05) is 24.3 Å². The fraction of sp³-hybridized carbons (Fsp3) is 0.308. The highest BCUT2D eigenvalue weighted by Crippen LogP contribution is 2.51. The Balaban J connectivity index is 1.36. The Morgan fingerprint density at radius 1 is 1.06 bits per heavy atom. The Bertz CT molecular complexity index is 1270. The number of nitrogens with zero attached hydrogens (tertiary/aromatic N) is 2. The molecule has 1 aliphatic heterocycles. The minimum Gasteiger partial charge on any atom is -0.454 e. The van der Waals surface area contributed by atoms with E-state index < -0.39 is 16.4 Å². The maximum atomic E-state index is 13.3. The van der Waals surface area contributed by atoms with Crippen molar-refractivity contribution in [1.82, 2.24) is 9.29 Å². The molecule has 0 N–H and O–H groups in total. The molecule has 1 saturated carbocycles. The van der Waals surface area contributed by atoms with Crippen LogP contribution in [0.4, 0.5) is 0 Å². The third-order valence-corrected chi connectivity index (χ3v) is 7.69. The number of pyridine rings is 1. The largest absolute Gasteiger partial charge is 0.454 e. The first-order valence-electron chi connectivity index (χ1n) is 11.0. The molecular weight excluding hydrogens is 436 g/mol. The van der Waals surface area contributed by atoms with Gasteiger partial charge >= 0.3 is 0 Å². The van der Waals surface area contributed by atoms with Crippen LogP contribution in [-0.2, 0) is 27.6 Å². The summed E-state index contributed by atoms with van der Waals surface area (Å²) in [6.07, 6.45) is 1.98. The van der Waals surface area contributed by atoms with Crippen LogP contribution in [0.15, 0.2) is 59.5 Å². The number of aryl methyl sites for hydroxylation is 1. The fourth-order valence-corrected chi connectivity index (χ4v) is 5.23. The molecule has 1 atom stereocenters. The molecule has 2 aromatic carbocycles. The number of aromatic nitrogens is 1. The summed E-state index contributed by atoms with van der Waals surface area (Å²) in [4.78, 5) is 18.8. The van der Waals surface area contributed by atoms with Crippen LogP contribution in [0.2, 0.25) is 0 Å². The molecule has 170 valence electrons. The fourth-order valence-electron chi connectivity index (χ4n) is 4.38. The number of carbonyl (C=O) groups is 1. The predicted molar refractivity (Wildman–Crippen MR) is 127 cm³/mol. The highest BCUT2D eigenvalue weighted by Gasteiger charge is 2.51. The van der Waals surface area contributed by atoms with Crippen molar-refractivity contribution in [3.05, 3.63) is 71.5 Å². The van der Waals surface area contributed by atoms with Crippen LogP contribution >= 0.6 is 0 Å². The van der Waals surface area contributed by atoms with Crippen LogP contribution in [0.25, 0.3) is 11.1 Å². The molecule has 0 radical (unpaired) electrons. The van der Waals surface area contributed by atoms with E-state index in [9.17, 15) is 9.00 Å². The molecule has 0 bridgehead atoms. The Morgan fingerprint density at radius 3 is 2.58 bits per heavy atom. The molecule has 6 nitrogen and oxygen atoms in total. The van der Waals surface area contributed by atoms with Crippen LogP contribution in [0.1, 0.15) is 29.8 Å². The molecule has 1 fully saturated rings. The number of carbonyl (C=O) groups excluding carboxylic acids is 1. The first kappa shape index (κ1) is 21.8. The van der Waals surface area contributed by atoms with Gasteiger partial charge in [-0.3, -0.25) is 9.78 Å². The SMILES string of the molecule is Cc1nc(CC(=O)C2(c3ccc4c(c3)OCO4)CC2)ccc1-c1cccc(S(=O)N(C)C)c1. The van der Waals surface area contributed by atoms with Gasteiger partial charge in [0.15, 0.2) is 11.5 Å². The Morgan fingerprint density at radius 2 is 1.85 bits per heavy atom. The number of fused-ring (bicyclic) bond motifs is 1. The van der Waals surface area contributed by atoms with Crippen LogP contribution in [0, 0.1) is 6.92 Å². The van der Waals surface area contributed by atoms with Crippen molar-refractivity contribution in [3.8, 4) is 22.6 Å². The van der Waals surface area contributed by atoms with Gasteiger partial charge in [-0.25, -0.2) is 8.51 Å². The van der Waals surface area contributed by atoms with E-state index in [0.29, 0.717) is 12.2 Å². The van der Waals surface area contributed by atoms with Gasteiger partial charge in [0.25, 0.3) is 0 Å². The Labute approximate surface area is 196 Å². The van der Waals surface area contributed by atoms with Crippen molar-refractivity contribution in [2.45, 2.75) is 36.5 Å². The van der Waals surface area contributed by atoms with E-state index in [2.05, 4.69) is 0 Å². The van der Waals surface area contributed by atoms with E-state index in [1.807, 2.05) is 61.5 Å². The van der Waals surface area contributed by atoms with Crippen molar-refractivity contribution in [2.24, 2.45) is 0 Å². The van der Waals surface area contributed by atoms with Gasteiger partial charge in [-0.15, -0.1) is 0 Å². The Hall–Kier alpha value is -3.03. The lowest BCUT2D eigenvalue weighted by molar-refractivity contribution is -0.120. The van der Waals surface area contributed by atoms with E-state index in [1.54, 1.807) is 18.4 Å². The molecule has 0 spiro atoms. The molecule has 3 aromatic rings. The zero-order chi connectivity index (χ0) is 23.2. The average molecular weight is 463 g/mol. The number of ketones is 1. The molecule has 5 rings (SSSR count). The van der Waals surface area contributed by atoms with Crippen LogP contribution < -0.4 is 9.47 Å². The molecule has 2 aliphatic rings. The lowest BCUT2D eigenvalue weighted by Crippen LogP contribution is -2.23. The smallest absolute Gasteiger partial charge is 0.231 e. The summed E-state index contributed by atoms with van der Waals surface area (Å²) < 4.78 is 25.0. The zero-order valence-electron chi connectivity index (χ0n) is 19.0. The van der Waals surface area contributed by atoms with Gasteiger partial charge in [0, 0.05) is 23.4 Å². The van der Waals surface area contributed by atoms with Crippen molar-refractivity contribution in [3.63, 3.8) is 0 Å². The lowest BCUT2D eigenvalue weighted by atomic mass is 9.88. The molecule has 0 amide bonds. The number of hydrogen-bond donors (Lipinski definition) is 0. The van der Waals surface area contributed by atoms with Crippen molar-refractivity contribution in [2.75, 3.05) is 20.9 Å². The summed E-state index contributed by atoms with van der Waals surface area (Å²) >= 11 is 0. The lowest BCUT2D eigenvalue weighted by Gasteiger charge is -2.16. The number of hydrogen-bond acceptors (Lipinski definition) is 5. The normalized spacial score (nSPS) is 16.6. The molecule has 33 heavy (non-hydrogen) atoms. The molecule has 2 heterocycles. The van der Waals surface area contributed by atoms with E-state index in [0.717, 1.165) is 51.6 Å². The van der Waals surface area contributed by atoms with Gasteiger partial charge in [0.1, 0.15) is 16.8 Å². The molecular formula is C26H26N2O4S. The summed E-state index contributed by atoms with van der Waals surface area (Å²) in [5.74, 6) is 1.63. The maximum Gasteiger partial charge on any atom is 0.231 e. The number of rotatable bonds is 7. The second-order valence-electron chi connectivity index (χ2n) is 8.78. The maximum absolute atomic E-state index is 13.3. The van der Waals surface area contributed by atoms with E-state index in [1.165, 1.54) is 0 Å². The van der Waals surface area contributed by atoms with Crippen LogP contribution in [-0.4, -0.2) is 40.2 Å². The summed E-state index contributed by atoms with van der Waals surface area (Å²) in [5.41, 5.74) is 4.10. The molecule has 1 aromatic heterocycles. The van der Waals surface area contributed by atoms with Crippen molar-refractivity contribution >= 4 is 16.8 Å². The average Bonchev–Trinajstić information content (AvgIpc) is 3.49. The van der Waals surface area contributed by atoms with Gasteiger partial charge in [0.05, 0.1) is 10.3 Å². The first-order chi connectivity index (χ1) is 15.9. The Kier molecular flexibility index (Phi) is 5.54. The number of ether oxygens (including phenoxy) is 2. The quantitative estimate of drug-likeness (QED) is 0.526. The third-order valence-electron chi connectivity index (χ3n) is 6.37. The number of benzene rings is 2. The minimum absolute atomic E-state index is 0.185. The molecule has 7 heteroatoms. The third kappa shape index (κ3) is 4.07. The molecule has 0 saturated heterocycles. The summed E-state index contributed by atoms with van der Waals surface area (Å²) in [5, 5.41) is 0. The minimum atomic E-state index is -1.21. The van der Waals surface area contributed by atoms with E-state index in [4.69, 9.17) is 14.5 Å². The van der Waals surface area contributed by atoms with Gasteiger partial charge < -0.3 is 9.47 Å². The van der Waals surface area contributed by atoms with E-state index in [-0.39, 0.29) is 12.6 Å². The van der Waals surface area contributed by atoms with E-state index >= 15 is 0 Å². The standard InChI is InChI=1S/C26H26N2O4S/c1-17-22(18-5-4-6-21(13-18)33(30)28(2)3)9-8-20(27-17)15-25(29)26(11-12-26)19-7-10-23-24(14-19)32-16-31-23/h4-10,13-14H,11-12,15-16H2,1-3H3. The zero-order valence-corrected chi connectivity index (χ0v) is 19.8. The second-order valence-corrected chi connectivity index (χ2v) is 10.5. The van der Waals surface area contributed by atoms with Gasteiger partial charge in [-0.05, 0) is 75.3 Å². The van der Waals surface area contributed by atoms with Crippen LogP contribution in [0.5, 0.6) is 11.5 Å². The highest BCUT2D eigenvalue weighted by molar-refractivity contribution is 7.82. The monoisotopic (exact) mass is 462 g/mol. The first-order valence-corrected chi connectivity index (χ1v) is 12.1. The van der Waals surface area contributed by atoms with Crippen LogP contribution in [0.3, 0.4) is 0 Å². The van der Waals surface area contributed by atoms with Crippen molar-refractivity contribution < 1.29 is 18.5 Å². The topological polar surface area (TPSA) is 68.7 Å². The highest BCUT2D eigenvalue weighted by atomic mass is 32.2. The summed E-state index contributed by atoms with van der Waals surface area (Å²) in [7, 11) is 2.37. The van der Waals surface area contributed by atoms with Crippen molar-refractivity contribution in [1.29, 1.82) is 0 Å². The number of Topliss-reactive ketones (excluding diaryl/α,β-unsaturated/α-hetero) is 1. The predicted octanol–water partition coefficient (Wildman–Crippen LogP) is 4.21. The molecule has 1 unspecified atom stereocenters. The molecule has 1 aliphatic carbocycles.